The van der Waals surface area contributed by atoms with Gasteiger partial charge in [-0.15, -0.1) is 0 Å². The van der Waals surface area contributed by atoms with Crippen LogP contribution in [-0.4, -0.2) is 36.1 Å². The lowest BCUT2D eigenvalue weighted by molar-refractivity contribution is -0.132. The molecule has 0 bridgehead atoms. The molecule has 27 heavy (non-hydrogen) atoms. The number of benzene rings is 2. The summed E-state index contributed by atoms with van der Waals surface area (Å²) in [4.78, 5) is 45.8. The number of rotatable bonds is 5. The molecule has 0 spiro atoms. The molecule has 0 aliphatic heterocycles. The largest absolute Gasteiger partial charge is 0.478 e. The van der Waals surface area contributed by atoms with Gasteiger partial charge in [-0.3, -0.25) is 9.59 Å². The molecule has 2 rings (SSSR count). The number of esters is 3. The Kier molecular flexibility index (Phi) is 5.92. The first-order chi connectivity index (χ1) is 12.7. The van der Waals surface area contributed by atoms with E-state index in [9.17, 15) is 19.2 Å². The van der Waals surface area contributed by atoms with E-state index in [2.05, 4.69) is 4.74 Å². The lowest BCUT2D eigenvalue weighted by atomic mass is 9.99. The molecule has 0 saturated carbocycles. The van der Waals surface area contributed by atoms with Crippen LogP contribution in [0, 0.1) is 0 Å². The lowest BCUT2D eigenvalue weighted by Gasteiger charge is -2.14. The minimum Gasteiger partial charge on any atom is -0.478 e. The van der Waals surface area contributed by atoms with E-state index in [0.29, 0.717) is 11.1 Å². The fraction of sp³-hybridized carbons (Fsp3) is 0.158. The van der Waals surface area contributed by atoms with Crippen LogP contribution in [0.3, 0.4) is 0 Å². The van der Waals surface area contributed by atoms with E-state index in [1.54, 1.807) is 0 Å². The zero-order valence-electron chi connectivity index (χ0n) is 14.8. The molecule has 1 N–H and O–H groups in total. The minimum absolute atomic E-state index is 0.0263. The van der Waals surface area contributed by atoms with Crippen LogP contribution in [0.2, 0.25) is 0 Å². The summed E-state index contributed by atoms with van der Waals surface area (Å²) >= 11 is 0. The maximum atomic E-state index is 11.7. The summed E-state index contributed by atoms with van der Waals surface area (Å²) in [5.41, 5.74) is 0.692. The van der Waals surface area contributed by atoms with E-state index in [4.69, 9.17) is 14.6 Å². The van der Waals surface area contributed by atoms with Gasteiger partial charge in [0.1, 0.15) is 11.5 Å². The van der Waals surface area contributed by atoms with Crippen LogP contribution in [0.1, 0.15) is 34.6 Å². The van der Waals surface area contributed by atoms with Gasteiger partial charge in [0.25, 0.3) is 0 Å². The minimum atomic E-state index is -1.20. The number of carbonyl (C=O) groups excluding carboxylic acids is 3. The second-order valence-electron chi connectivity index (χ2n) is 5.41. The number of aromatic carboxylic acids is 1. The first-order valence-corrected chi connectivity index (χ1v) is 7.70. The molecule has 0 aliphatic carbocycles. The zero-order chi connectivity index (χ0) is 20.1. The second-order valence-corrected chi connectivity index (χ2v) is 5.41. The number of carbonyl (C=O) groups is 4. The molecule has 2 aromatic carbocycles. The van der Waals surface area contributed by atoms with Gasteiger partial charge in [-0.25, -0.2) is 9.59 Å². The molecule has 0 saturated heterocycles. The van der Waals surface area contributed by atoms with Gasteiger partial charge >= 0.3 is 23.9 Å². The van der Waals surface area contributed by atoms with Gasteiger partial charge < -0.3 is 19.3 Å². The molecule has 2 aromatic rings. The van der Waals surface area contributed by atoms with Crippen molar-refractivity contribution in [1.29, 1.82) is 0 Å². The number of carboxylic acid groups (broad SMARTS) is 1. The van der Waals surface area contributed by atoms with Crippen molar-refractivity contribution in [3.05, 3.63) is 47.5 Å². The average molecular weight is 372 g/mol. The molecular weight excluding hydrogens is 356 g/mol. The van der Waals surface area contributed by atoms with Crippen molar-refractivity contribution in [2.24, 2.45) is 0 Å². The van der Waals surface area contributed by atoms with Crippen molar-refractivity contribution >= 4 is 23.9 Å². The zero-order valence-corrected chi connectivity index (χ0v) is 14.8. The van der Waals surface area contributed by atoms with Crippen molar-refractivity contribution < 1.29 is 38.5 Å². The standard InChI is InChI=1S/C19H16O8/c1-10(20)26-16-8-12(18(22)23)4-6-14(16)15-7-5-13(19(24)25-3)9-17(15)27-11(2)21/h4-9H,1-3H3,(H,22,23). The molecule has 0 amide bonds. The first-order valence-electron chi connectivity index (χ1n) is 7.70. The highest BCUT2D eigenvalue weighted by molar-refractivity contribution is 5.94. The van der Waals surface area contributed by atoms with Crippen molar-refractivity contribution in [2.75, 3.05) is 7.11 Å². The summed E-state index contributed by atoms with van der Waals surface area (Å²) in [7, 11) is 1.21. The molecule has 0 radical (unpaired) electrons. The Morgan fingerprint density at radius 1 is 0.778 bits per heavy atom. The van der Waals surface area contributed by atoms with Crippen molar-refractivity contribution in [2.45, 2.75) is 13.8 Å². The van der Waals surface area contributed by atoms with Crippen LogP contribution < -0.4 is 9.47 Å². The maximum absolute atomic E-state index is 11.7. The van der Waals surface area contributed by atoms with Gasteiger partial charge in [0.05, 0.1) is 18.2 Å². The van der Waals surface area contributed by atoms with E-state index in [1.807, 2.05) is 0 Å². The Hall–Kier alpha value is -3.68. The Balaban J connectivity index is 2.67. The lowest BCUT2D eigenvalue weighted by Crippen LogP contribution is -2.08. The van der Waals surface area contributed by atoms with E-state index in [-0.39, 0.29) is 22.6 Å². The molecule has 8 nitrogen and oxygen atoms in total. The van der Waals surface area contributed by atoms with E-state index >= 15 is 0 Å². The van der Waals surface area contributed by atoms with Gasteiger partial charge in [0.2, 0.25) is 0 Å². The van der Waals surface area contributed by atoms with E-state index < -0.39 is 23.9 Å². The van der Waals surface area contributed by atoms with Crippen LogP contribution >= 0.6 is 0 Å². The fourth-order valence-corrected chi connectivity index (χ4v) is 2.35. The molecular formula is C19H16O8. The molecule has 0 heterocycles. The maximum Gasteiger partial charge on any atom is 0.337 e. The predicted octanol–water partition coefficient (Wildman–Crippen LogP) is 2.69. The number of ether oxygens (including phenoxy) is 3. The predicted molar refractivity (Wildman–Crippen MR) is 92.8 cm³/mol. The number of methoxy groups -OCH3 is 1. The van der Waals surface area contributed by atoms with Gasteiger partial charge in [-0.2, -0.15) is 0 Å². The Morgan fingerprint density at radius 3 is 1.63 bits per heavy atom. The quantitative estimate of drug-likeness (QED) is 0.629. The van der Waals surface area contributed by atoms with Crippen LogP contribution in [0.5, 0.6) is 11.5 Å². The molecule has 0 fully saturated rings. The van der Waals surface area contributed by atoms with Gasteiger partial charge in [0, 0.05) is 25.0 Å². The van der Waals surface area contributed by atoms with E-state index in [1.165, 1.54) is 57.4 Å². The fourth-order valence-electron chi connectivity index (χ4n) is 2.35. The summed E-state index contributed by atoms with van der Waals surface area (Å²) in [5.74, 6) is -3.11. The van der Waals surface area contributed by atoms with Gasteiger partial charge in [-0.05, 0) is 36.4 Å². The Labute approximate surface area is 154 Å². The van der Waals surface area contributed by atoms with Crippen LogP contribution in [0.25, 0.3) is 11.1 Å². The normalized spacial score (nSPS) is 10.0. The third kappa shape index (κ3) is 4.69. The van der Waals surface area contributed by atoms with Crippen molar-refractivity contribution in [1.82, 2.24) is 0 Å². The topological polar surface area (TPSA) is 116 Å². The SMILES string of the molecule is COC(=O)c1ccc(-c2ccc(C(=O)O)cc2OC(C)=O)c(OC(C)=O)c1. The van der Waals surface area contributed by atoms with Crippen LogP contribution in [-0.2, 0) is 14.3 Å². The monoisotopic (exact) mass is 372 g/mol. The van der Waals surface area contributed by atoms with Gasteiger partial charge in [-0.1, -0.05) is 0 Å². The smallest absolute Gasteiger partial charge is 0.337 e. The first kappa shape index (κ1) is 19.6. The highest BCUT2D eigenvalue weighted by Crippen LogP contribution is 2.38. The third-order valence-corrected chi connectivity index (χ3v) is 3.43. The van der Waals surface area contributed by atoms with Crippen LogP contribution in [0.4, 0.5) is 0 Å². The summed E-state index contributed by atoms with van der Waals surface area (Å²) in [6.45, 7) is 2.36. The van der Waals surface area contributed by atoms with Gasteiger partial charge in [0.15, 0.2) is 0 Å². The Bertz CT molecular complexity index is 929. The van der Waals surface area contributed by atoms with Crippen molar-refractivity contribution in [3.63, 3.8) is 0 Å². The summed E-state index contributed by atoms with van der Waals surface area (Å²) in [6.07, 6.45) is 0. The molecule has 8 heteroatoms. The highest BCUT2D eigenvalue weighted by atomic mass is 16.5. The Morgan fingerprint density at radius 2 is 1.22 bits per heavy atom. The highest BCUT2D eigenvalue weighted by Gasteiger charge is 2.19. The molecule has 0 aromatic heterocycles. The summed E-state index contributed by atoms with van der Waals surface area (Å²) in [6, 6.07) is 8.15. The molecule has 140 valence electrons. The number of hydrogen-bond acceptors (Lipinski definition) is 7. The van der Waals surface area contributed by atoms with E-state index in [0.717, 1.165) is 0 Å². The van der Waals surface area contributed by atoms with Crippen LogP contribution in [0.15, 0.2) is 36.4 Å². The number of carboxylic acids is 1. The molecule has 0 atom stereocenters. The summed E-state index contributed by atoms with van der Waals surface area (Å²) < 4.78 is 14.9. The number of hydrogen-bond donors (Lipinski definition) is 1. The molecule has 0 aliphatic rings. The summed E-state index contributed by atoms with van der Waals surface area (Å²) in [5, 5.41) is 9.14. The van der Waals surface area contributed by atoms with Crippen molar-refractivity contribution in [3.8, 4) is 22.6 Å². The average Bonchev–Trinajstić information content (AvgIpc) is 2.60. The third-order valence-electron chi connectivity index (χ3n) is 3.43. The molecule has 0 unspecified atom stereocenters. The second kappa shape index (κ2) is 8.13.